The maximum atomic E-state index is 13.5. The first kappa shape index (κ1) is 26.5. The molecule has 39 heavy (non-hydrogen) atoms. The molecule has 3 aromatic heterocycles. The monoisotopic (exact) mass is 548 g/mol. The van der Waals surface area contributed by atoms with Crippen LogP contribution in [0.25, 0.3) is 11.3 Å². The Labute approximate surface area is 230 Å². The molecule has 0 bridgehead atoms. The number of anilines is 2. The van der Waals surface area contributed by atoms with Gasteiger partial charge in [0, 0.05) is 42.9 Å². The number of carbonyl (C=O) groups excluding carboxylic acids is 2. The molecule has 11 heteroatoms. The molecule has 0 aliphatic carbocycles. The number of hydrogen-bond acceptors (Lipinski definition) is 7. The van der Waals surface area contributed by atoms with E-state index in [1.165, 1.54) is 4.90 Å². The summed E-state index contributed by atoms with van der Waals surface area (Å²) in [5, 5.41) is 20.6. The number of amides is 2. The third-order valence-corrected chi connectivity index (χ3v) is 7.16. The summed E-state index contributed by atoms with van der Waals surface area (Å²) in [6, 6.07) is 11.0. The van der Waals surface area contributed by atoms with Crippen molar-refractivity contribution in [3.63, 3.8) is 0 Å². The molecule has 10 nitrogen and oxygen atoms in total. The number of nitrogens with one attached hydrogen (secondary N) is 2. The number of aliphatic hydroxyl groups excluding tert-OH is 1. The summed E-state index contributed by atoms with van der Waals surface area (Å²) in [6.45, 7) is 3.63. The van der Waals surface area contributed by atoms with Crippen LogP contribution in [0.4, 0.5) is 11.6 Å². The number of fused-ring (bicyclic) bond motifs is 1. The molecule has 1 aliphatic rings. The number of halogens is 1. The number of nitrogens with zero attached hydrogens (tertiary/aromatic N) is 4. The van der Waals surface area contributed by atoms with E-state index in [2.05, 4.69) is 20.7 Å². The van der Waals surface area contributed by atoms with E-state index in [0.29, 0.717) is 46.5 Å². The van der Waals surface area contributed by atoms with E-state index in [4.69, 9.17) is 16.0 Å². The van der Waals surface area contributed by atoms with Crippen LogP contribution in [0.1, 0.15) is 40.2 Å². The fourth-order valence-electron chi connectivity index (χ4n) is 4.65. The second kappa shape index (κ2) is 10.9. The van der Waals surface area contributed by atoms with Gasteiger partial charge in [-0.2, -0.15) is 5.10 Å². The Bertz CT molecular complexity index is 1530. The zero-order valence-electron chi connectivity index (χ0n) is 21.8. The first-order valence-electron chi connectivity index (χ1n) is 12.6. The highest BCUT2D eigenvalue weighted by Crippen LogP contribution is 2.33. The molecule has 0 unspecified atom stereocenters. The minimum absolute atomic E-state index is 0.280. The van der Waals surface area contributed by atoms with E-state index in [1.54, 1.807) is 54.3 Å². The van der Waals surface area contributed by atoms with Gasteiger partial charge < -0.3 is 25.1 Å². The third kappa shape index (κ3) is 5.39. The predicted octanol–water partition coefficient (Wildman–Crippen LogP) is 4.02. The van der Waals surface area contributed by atoms with Gasteiger partial charge in [0.15, 0.2) is 0 Å². The average Bonchev–Trinajstić information content (AvgIpc) is 3.54. The lowest BCUT2D eigenvalue weighted by Gasteiger charge is -2.32. The lowest BCUT2D eigenvalue weighted by atomic mass is 10.0. The molecule has 1 aliphatic heterocycles. The summed E-state index contributed by atoms with van der Waals surface area (Å²) < 4.78 is 7.83. The molecule has 1 aromatic carbocycles. The second-order valence-electron chi connectivity index (χ2n) is 9.52. The zero-order valence-corrected chi connectivity index (χ0v) is 22.6. The molecule has 3 N–H and O–H groups in total. The molecule has 0 radical (unpaired) electrons. The van der Waals surface area contributed by atoms with E-state index in [-0.39, 0.29) is 18.4 Å². The van der Waals surface area contributed by atoms with Gasteiger partial charge in [0.1, 0.15) is 29.2 Å². The highest BCUT2D eigenvalue weighted by Gasteiger charge is 2.34. The normalized spacial score (nSPS) is 14.6. The van der Waals surface area contributed by atoms with Crippen LogP contribution in [0, 0.1) is 6.92 Å². The minimum Gasteiger partial charge on any atom is -0.460 e. The van der Waals surface area contributed by atoms with Gasteiger partial charge in [0.2, 0.25) is 5.91 Å². The van der Waals surface area contributed by atoms with Crippen LogP contribution in [-0.2, 0) is 18.3 Å². The van der Waals surface area contributed by atoms with Crippen molar-refractivity contribution in [3.05, 3.63) is 82.3 Å². The first-order chi connectivity index (χ1) is 18.7. The molecule has 0 fully saturated rings. The van der Waals surface area contributed by atoms with Gasteiger partial charge in [0.25, 0.3) is 5.91 Å². The lowest BCUT2D eigenvalue weighted by Crippen LogP contribution is -2.51. The molecule has 0 saturated heterocycles. The molecule has 2 amide bonds. The fraction of sp³-hybridized carbons (Fsp3) is 0.286. The lowest BCUT2D eigenvalue weighted by molar-refractivity contribution is -0.126. The van der Waals surface area contributed by atoms with Crippen molar-refractivity contribution in [2.24, 2.45) is 7.05 Å². The molecule has 0 spiro atoms. The van der Waals surface area contributed by atoms with E-state index in [1.807, 2.05) is 26.1 Å². The Balaban J connectivity index is 1.33. The van der Waals surface area contributed by atoms with Gasteiger partial charge in [-0.05, 0) is 49.2 Å². The SMILES string of the molecule is Cc1cnc(Nc2ccnn2C)cc1-c1cc2c(o1)CCN([C@H](C)C(=O)N[C@H](CO)c1cccc(Cl)c1)C2=O. The molecule has 5 rings (SSSR count). The Kier molecular flexibility index (Phi) is 7.40. The van der Waals surface area contributed by atoms with Crippen molar-refractivity contribution >= 4 is 35.1 Å². The number of furan rings is 1. The summed E-state index contributed by atoms with van der Waals surface area (Å²) in [5.41, 5.74) is 2.82. The average molecular weight is 549 g/mol. The second-order valence-corrected chi connectivity index (χ2v) is 9.96. The summed E-state index contributed by atoms with van der Waals surface area (Å²) in [4.78, 5) is 32.5. The Hall–Kier alpha value is -4.15. The van der Waals surface area contributed by atoms with Crippen LogP contribution >= 0.6 is 11.6 Å². The standard InChI is InChI=1S/C28H29ClN6O4/c1-16-14-30-25(33-26-7-9-31-34(26)3)13-20(16)24-12-21-23(39-24)8-10-35(28(21)38)17(2)27(37)32-22(15-36)18-5-4-6-19(29)11-18/h4-7,9,11-14,17,22,36H,8,10,15H2,1-3H3,(H,30,33)(H,32,37)/t17-,22-/m1/s1. The Morgan fingerprint density at radius 2 is 2.05 bits per heavy atom. The van der Waals surface area contributed by atoms with Crippen LogP contribution in [-0.4, -0.2) is 55.8 Å². The highest BCUT2D eigenvalue weighted by atomic mass is 35.5. The maximum absolute atomic E-state index is 13.5. The summed E-state index contributed by atoms with van der Waals surface area (Å²) in [7, 11) is 1.83. The first-order valence-corrected chi connectivity index (χ1v) is 13.0. The van der Waals surface area contributed by atoms with E-state index in [9.17, 15) is 14.7 Å². The van der Waals surface area contributed by atoms with Gasteiger partial charge in [0.05, 0.1) is 24.4 Å². The van der Waals surface area contributed by atoms with Crippen molar-refractivity contribution in [3.8, 4) is 11.3 Å². The number of aryl methyl sites for hydroxylation is 2. The van der Waals surface area contributed by atoms with Gasteiger partial charge in [-0.25, -0.2) is 4.98 Å². The summed E-state index contributed by atoms with van der Waals surface area (Å²) in [6.07, 6.45) is 3.91. The van der Waals surface area contributed by atoms with Crippen LogP contribution < -0.4 is 10.6 Å². The van der Waals surface area contributed by atoms with Crippen molar-refractivity contribution in [2.75, 3.05) is 18.5 Å². The number of rotatable bonds is 8. The molecule has 4 heterocycles. The Morgan fingerprint density at radius 3 is 2.77 bits per heavy atom. The fourth-order valence-corrected chi connectivity index (χ4v) is 4.85. The molecule has 2 atom stereocenters. The van der Waals surface area contributed by atoms with Gasteiger partial charge in [-0.15, -0.1) is 0 Å². The number of benzene rings is 1. The van der Waals surface area contributed by atoms with Crippen LogP contribution in [0.5, 0.6) is 0 Å². The van der Waals surface area contributed by atoms with Gasteiger partial charge >= 0.3 is 0 Å². The predicted molar refractivity (Wildman–Crippen MR) is 147 cm³/mol. The molecular formula is C28H29ClN6O4. The smallest absolute Gasteiger partial charge is 0.258 e. The molecule has 4 aromatic rings. The number of aliphatic hydroxyl groups is 1. The van der Waals surface area contributed by atoms with Crippen LogP contribution in [0.2, 0.25) is 5.02 Å². The van der Waals surface area contributed by atoms with E-state index < -0.39 is 12.1 Å². The van der Waals surface area contributed by atoms with Gasteiger partial charge in [-0.3, -0.25) is 14.3 Å². The summed E-state index contributed by atoms with van der Waals surface area (Å²) >= 11 is 6.07. The van der Waals surface area contributed by atoms with Crippen LogP contribution in [0.15, 0.2) is 59.3 Å². The minimum atomic E-state index is -0.755. The number of aromatic nitrogens is 3. The maximum Gasteiger partial charge on any atom is 0.258 e. The van der Waals surface area contributed by atoms with Crippen molar-refractivity contribution < 1.29 is 19.1 Å². The van der Waals surface area contributed by atoms with Crippen molar-refractivity contribution in [1.29, 1.82) is 0 Å². The largest absolute Gasteiger partial charge is 0.460 e. The highest BCUT2D eigenvalue weighted by molar-refractivity contribution is 6.30. The Morgan fingerprint density at radius 1 is 1.23 bits per heavy atom. The van der Waals surface area contributed by atoms with Crippen LogP contribution in [0.3, 0.4) is 0 Å². The molecule has 0 saturated carbocycles. The topological polar surface area (TPSA) is 126 Å². The number of carbonyl (C=O) groups is 2. The zero-order chi connectivity index (χ0) is 27.7. The number of pyridine rings is 1. The quantitative estimate of drug-likeness (QED) is 0.304. The van der Waals surface area contributed by atoms with Crippen molar-refractivity contribution in [1.82, 2.24) is 25.0 Å². The number of hydrogen-bond donors (Lipinski definition) is 3. The summed E-state index contributed by atoms with van der Waals surface area (Å²) in [5.74, 6) is 1.89. The van der Waals surface area contributed by atoms with E-state index >= 15 is 0 Å². The molecular weight excluding hydrogens is 520 g/mol. The van der Waals surface area contributed by atoms with Gasteiger partial charge in [-0.1, -0.05) is 23.7 Å². The van der Waals surface area contributed by atoms with E-state index in [0.717, 1.165) is 16.9 Å². The third-order valence-electron chi connectivity index (χ3n) is 6.92. The van der Waals surface area contributed by atoms with Crippen molar-refractivity contribution in [2.45, 2.75) is 32.4 Å². The molecule has 202 valence electrons.